The van der Waals surface area contributed by atoms with Crippen molar-refractivity contribution < 1.29 is 4.74 Å². The van der Waals surface area contributed by atoms with Crippen LogP contribution < -0.4 is 10.1 Å². The molecule has 1 aromatic heterocycles. The molecule has 0 bridgehead atoms. The summed E-state index contributed by atoms with van der Waals surface area (Å²) >= 11 is 9.31. The Morgan fingerprint density at radius 1 is 1.40 bits per heavy atom. The molecule has 104 valence electrons. The van der Waals surface area contributed by atoms with Gasteiger partial charge in [-0.25, -0.2) is 4.98 Å². The van der Waals surface area contributed by atoms with E-state index in [1.807, 2.05) is 12.1 Å². The Bertz CT molecular complexity index is 648. The molecule has 1 aliphatic rings. The van der Waals surface area contributed by atoms with Crippen molar-refractivity contribution in [2.24, 2.45) is 0 Å². The summed E-state index contributed by atoms with van der Waals surface area (Å²) in [6, 6.07) is 8.51. The van der Waals surface area contributed by atoms with Gasteiger partial charge >= 0.3 is 0 Å². The van der Waals surface area contributed by atoms with E-state index in [1.165, 1.54) is 11.1 Å². The molecule has 1 aliphatic carbocycles. The highest BCUT2D eigenvalue weighted by Crippen LogP contribution is 2.36. The Kier molecular flexibility index (Phi) is 3.85. The van der Waals surface area contributed by atoms with Gasteiger partial charge in [-0.1, -0.05) is 17.7 Å². The number of ether oxygens (including phenoxy) is 1. The molecule has 20 heavy (non-hydrogen) atoms. The van der Waals surface area contributed by atoms with Crippen molar-refractivity contribution in [3.63, 3.8) is 0 Å². The van der Waals surface area contributed by atoms with Gasteiger partial charge in [-0.15, -0.1) is 0 Å². The van der Waals surface area contributed by atoms with Crippen LogP contribution in [0.4, 0.5) is 5.69 Å². The minimum atomic E-state index is 0.287. The average molecular weight is 354 g/mol. The van der Waals surface area contributed by atoms with Crippen LogP contribution in [0.3, 0.4) is 0 Å². The fourth-order valence-electron chi connectivity index (χ4n) is 2.56. The second kappa shape index (κ2) is 5.62. The standard InChI is InChI=1S/C15H14BrClN2O/c1-20-11-4-2-9-3-5-14(12(9)7-11)19-10-6-13(16)15(17)18-8-10/h2,4,6-8,14,19H,3,5H2,1H3. The largest absolute Gasteiger partial charge is 0.497 e. The summed E-state index contributed by atoms with van der Waals surface area (Å²) in [7, 11) is 1.69. The predicted molar refractivity (Wildman–Crippen MR) is 84.6 cm³/mol. The molecule has 0 amide bonds. The van der Waals surface area contributed by atoms with Crippen molar-refractivity contribution in [2.75, 3.05) is 12.4 Å². The van der Waals surface area contributed by atoms with E-state index < -0.39 is 0 Å². The van der Waals surface area contributed by atoms with Gasteiger partial charge < -0.3 is 10.1 Å². The maximum Gasteiger partial charge on any atom is 0.143 e. The number of fused-ring (bicyclic) bond motifs is 1. The molecule has 3 rings (SSSR count). The van der Waals surface area contributed by atoms with E-state index >= 15 is 0 Å². The molecule has 1 unspecified atom stereocenters. The van der Waals surface area contributed by atoms with E-state index in [4.69, 9.17) is 16.3 Å². The Morgan fingerprint density at radius 2 is 2.25 bits per heavy atom. The van der Waals surface area contributed by atoms with Crippen LogP contribution in [0.2, 0.25) is 5.15 Å². The monoisotopic (exact) mass is 352 g/mol. The van der Waals surface area contributed by atoms with Gasteiger partial charge in [0.25, 0.3) is 0 Å². The van der Waals surface area contributed by atoms with E-state index in [9.17, 15) is 0 Å². The quantitative estimate of drug-likeness (QED) is 0.819. The van der Waals surface area contributed by atoms with E-state index in [0.717, 1.165) is 28.8 Å². The molecular weight excluding hydrogens is 340 g/mol. The van der Waals surface area contributed by atoms with Gasteiger partial charge in [0, 0.05) is 0 Å². The number of nitrogens with zero attached hydrogens (tertiary/aromatic N) is 1. The zero-order valence-corrected chi connectivity index (χ0v) is 13.3. The molecule has 0 fully saturated rings. The number of hydrogen-bond acceptors (Lipinski definition) is 3. The lowest BCUT2D eigenvalue weighted by molar-refractivity contribution is 0.414. The third-order valence-corrected chi connectivity index (χ3v) is 4.70. The molecule has 1 aromatic carbocycles. The minimum Gasteiger partial charge on any atom is -0.497 e. The topological polar surface area (TPSA) is 34.1 Å². The van der Waals surface area contributed by atoms with Crippen molar-refractivity contribution in [3.05, 3.63) is 51.2 Å². The Balaban J connectivity index is 1.85. The smallest absolute Gasteiger partial charge is 0.143 e. The molecule has 0 saturated carbocycles. The van der Waals surface area contributed by atoms with Gasteiger partial charge in [-0.2, -0.15) is 0 Å². The number of pyridine rings is 1. The number of aromatic nitrogens is 1. The third-order valence-electron chi connectivity index (χ3n) is 3.57. The summed E-state index contributed by atoms with van der Waals surface area (Å²) in [5.41, 5.74) is 3.64. The second-order valence-electron chi connectivity index (χ2n) is 4.80. The number of benzene rings is 1. The lowest BCUT2D eigenvalue weighted by Gasteiger charge is -2.16. The van der Waals surface area contributed by atoms with Crippen molar-refractivity contribution in [2.45, 2.75) is 18.9 Å². The molecule has 2 aromatic rings. The zero-order chi connectivity index (χ0) is 14.1. The highest BCUT2D eigenvalue weighted by atomic mass is 79.9. The third kappa shape index (κ3) is 2.63. The summed E-state index contributed by atoms with van der Waals surface area (Å²) in [5.74, 6) is 0.896. The number of methoxy groups -OCH3 is 1. The maximum absolute atomic E-state index is 5.92. The molecule has 5 heteroatoms. The van der Waals surface area contributed by atoms with Crippen molar-refractivity contribution >= 4 is 33.2 Å². The lowest BCUT2D eigenvalue weighted by atomic mass is 10.1. The molecule has 0 spiro atoms. The fraction of sp³-hybridized carbons (Fsp3) is 0.267. The Labute approximate surface area is 131 Å². The zero-order valence-electron chi connectivity index (χ0n) is 11.0. The highest BCUT2D eigenvalue weighted by Gasteiger charge is 2.23. The van der Waals surface area contributed by atoms with E-state index in [-0.39, 0.29) is 6.04 Å². The molecule has 0 aliphatic heterocycles. The summed E-state index contributed by atoms with van der Waals surface area (Å²) in [4.78, 5) is 4.14. The van der Waals surface area contributed by atoms with Crippen LogP contribution in [-0.2, 0) is 6.42 Å². The van der Waals surface area contributed by atoms with Gasteiger partial charge in [-0.3, -0.25) is 0 Å². The van der Waals surface area contributed by atoms with Crippen molar-refractivity contribution in [1.82, 2.24) is 4.98 Å². The van der Waals surface area contributed by atoms with Crippen LogP contribution in [-0.4, -0.2) is 12.1 Å². The number of nitrogens with one attached hydrogen (secondary N) is 1. The van der Waals surface area contributed by atoms with E-state index in [2.05, 4.69) is 38.4 Å². The van der Waals surface area contributed by atoms with Gasteiger partial charge in [0.1, 0.15) is 10.9 Å². The molecule has 1 atom stereocenters. The number of rotatable bonds is 3. The van der Waals surface area contributed by atoms with Crippen LogP contribution in [0.15, 0.2) is 34.9 Å². The van der Waals surface area contributed by atoms with Crippen LogP contribution in [0.1, 0.15) is 23.6 Å². The first-order valence-electron chi connectivity index (χ1n) is 6.42. The van der Waals surface area contributed by atoms with Gasteiger partial charge in [-0.05, 0) is 58.1 Å². The van der Waals surface area contributed by atoms with E-state index in [0.29, 0.717) is 5.15 Å². The summed E-state index contributed by atoms with van der Waals surface area (Å²) in [6.07, 6.45) is 3.91. The summed E-state index contributed by atoms with van der Waals surface area (Å²) in [5, 5.41) is 3.99. The van der Waals surface area contributed by atoms with Crippen molar-refractivity contribution in [3.8, 4) is 5.75 Å². The normalized spacial score (nSPS) is 16.9. The van der Waals surface area contributed by atoms with Crippen LogP contribution in [0.5, 0.6) is 5.75 Å². The second-order valence-corrected chi connectivity index (χ2v) is 6.01. The molecule has 1 heterocycles. The van der Waals surface area contributed by atoms with Gasteiger partial charge in [0.05, 0.1) is 29.5 Å². The molecule has 1 N–H and O–H groups in total. The minimum absolute atomic E-state index is 0.287. The summed E-state index contributed by atoms with van der Waals surface area (Å²) < 4.78 is 6.11. The Hall–Kier alpha value is -1.26. The van der Waals surface area contributed by atoms with Crippen LogP contribution in [0.25, 0.3) is 0 Å². The molecular formula is C15H14BrClN2O. The Morgan fingerprint density at radius 3 is 3.00 bits per heavy atom. The summed E-state index contributed by atoms with van der Waals surface area (Å²) in [6.45, 7) is 0. The SMILES string of the molecule is COc1ccc2c(c1)C(Nc1cnc(Cl)c(Br)c1)CC2. The van der Waals surface area contributed by atoms with Crippen LogP contribution >= 0.6 is 27.5 Å². The first kappa shape index (κ1) is 13.7. The average Bonchev–Trinajstić information content (AvgIpc) is 2.85. The molecule has 0 radical (unpaired) electrons. The van der Waals surface area contributed by atoms with Gasteiger partial charge in [0.2, 0.25) is 0 Å². The number of aryl methyl sites for hydroxylation is 1. The first-order valence-corrected chi connectivity index (χ1v) is 7.59. The van der Waals surface area contributed by atoms with E-state index in [1.54, 1.807) is 13.3 Å². The molecule has 3 nitrogen and oxygen atoms in total. The van der Waals surface area contributed by atoms with Crippen molar-refractivity contribution in [1.29, 1.82) is 0 Å². The highest BCUT2D eigenvalue weighted by molar-refractivity contribution is 9.10. The maximum atomic E-state index is 5.92. The predicted octanol–water partition coefficient (Wildman–Crippen LogP) is 4.61. The fourth-order valence-corrected chi connectivity index (χ4v) is 3.01. The lowest BCUT2D eigenvalue weighted by Crippen LogP contribution is -2.07. The first-order chi connectivity index (χ1) is 9.67. The number of anilines is 1. The van der Waals surface area contributed by atoms with Gasteiger partial charge in [0.15, 0.2) is 0 Å². The number of halogens is 2. The van der Waals surface area contributed by atoms with Crippen LogP contribution in [0, 0.1) is 0 Å². The number of hydrogen-bond donors (Lipinski definition) is 1. The molecule has 0 saturated heterocycles.